The lowest BCUT2D eigenvalue weighted by atomic mass is 9.81. The maximum atomic E-state index is 11.8. The van der Waals surface area contributed by atoms with E-state index < -0.39 is 5.41 Å². The number of carbonyl (C=O) groups excluding carboxylic acids is 1. The average Bonchev–Trinajstić information content (AvgIpc) is 2.20. The first kappa shape index (κ1) is 11.5. The van der Waals surface area contributed by atoms with Crippen LogP contribution in [0, 0.1) is 5.41 Å². The summed E-state index contributed by atoms with van der Waals surface area (Å²) in [5, 5.41) is 3.22. The Balaban J connectivity index is 2.63. The molecular formula is C10H19NO3. The van der Waals surface area contributed by atoms with Crippen LogP contribution in [0.2, 0.25) is 0 Å². The molecule has 0 aromatic rings. The first-order chi connectivity index (χ1) is 6.75. The molecule has 1 aliphatic heterocycles. The summed E-state index contributed by atoms with van der Waals surface area (Å²) in [5.41, 5.74) is -0.455. The summed E-state index contributed by atoms with van der Waals surface area (Å²) in [4.78, 5) is 11.8. The van der Waals surface area contributed by atoms with E-state index in [4.69, 9.17) is 9.47 Å². The molecule has 0 spiro atoms. The fourth-order valence-electron chi connectivity index (χ4n) is 1.88. The second-order valence-electron chi connectivity index (χ2n) is 3.71. The standard InChI is InChI=1S/C10H19NO3/c1-3-14-9(12)10(8-13-2)5-4-6-11-7-10/h11H,3-8H2,1-2H3/t10-/m1/s1. The van der Waals surface area contributed by atoms with Crippen LogP contribution in [-0.4, -0.2) is 39.4 Å². The van der Waals surface area contributed by atoms with Gasteiger partial charge in [0.25, 0.3) is 0 Å². The third kappa shape index (κ3) is 2.45. The molecule has 0 aromatic carbocycles. The molecule has 4 heteroatoms. The van der Waals surface area contributed by atoms with E-state index in [1.165, 1.54) is 0 Å². The Morgan fingerprint density at radius 1 is 1.57 bits per heavy atom. The van der Waals surface area contributed by atoms with Crippen molar-refractivity contribution >= 4 is 5.97 Å². The van der Waals surface area contributed by atoms with E-state index in [9.17, 15) is 4.79 Å². The molecule has 1 atom stereocenters. The minimum atomic E-state index is -0.455. The van der Waals surface area contributed by atoms with E-state index in [1.54, 1.807) is 7.11 Å². The van der Waals surface area contributed by atoms with Gasteiger partial charge in [0.1, 0.15) is 5.41 Å². The van der Waals surface area contributed by atoms with Gasteiger partial charge in [0, 0.05) is 13.7 Å². The molecule has 82 valence electrons. The minimum Gasteiger partial charge on any atom is -0.465 e. The molecule has 1 aliphatic rings. The molecule has 0 saturated carbocycles. The SMILES string of the molecule is CCOC(=O)[C@]1(COC)CCCNC1. The normalized spacial score (nSPS) is 27.3. The lowest BCUT2D eigenvalue weighted by molar-refractivity contribution is -0.160. The number of methoxy groups -OCH3 is 1. The summed E-state index contributed by atoms with van der Waals surface area (Å²) < 4.78 is 10.2. The predicted octanol–water partition coefficient (Wildman–Crippen LogP) is 0.566. The monoisotopic (exact) mass is 201 g/mol. The highest BCUT2D eigenvalue weighted by Gasteiger charge is 2.41. The Hall–Kier alpha value is -0.610. The number of carbonyl (C=O) groups is 1. The highest BCUT2D eigenvalue weighted by atomic mass is 16.5. The lowest BCUT2D eigenvalue weighted by Gasteiger charge is -2.34. The molecule has 14 heavy (non-hydrogen) atoms. The fourth-order valence-corrected chi connectivity index (χ4v) is 1.88. The molecule has 1 N–H and O–H groups in total. The molecule has 1 saturated heterocycles. The van der Waals surface area contributed by atoms with E-state index >= 15 is 0 Å². The fraction of sp³-hybridized carbons (Fsp3) is 0.900. The van der Waals surface area contributed by atoms with Crippen molar-refractivity contribution in [3.8, 4) is 0 Å². The van der Waals surface area contributed by atoms with Crippen LogP contribution in [0.5, 0.6) is 0 Å². The van der Waals surface area contributed by atoms with Crippen LogP contribution in [0.1, 0.15) is 19.8 Å². The maximum Gasteiger partial charge on any atom is 0.315 e. The number of nitrogens with one attached hydrogen (secondary N) is 1. The number of hydrogen-bond donors (Lipinski definition) is 1. The van der Waals surface area contributed by atoms with Crippen LogP contribution < -0.4 is 5.32 Å². The Bertz CT molecular complexity index is 182. The number of ether oxygens (including phenoxy) is 2. The molecular weight excluding hydrogens is 182 g/mol. The molecule has 0 unspecified atom stereocenters. The van der Waals surface area contributed by atoms with E-state index in [1.807, 2.05) is 6.92 Å². The van der Waals surface area contributed by atoms with Gasteiger partial charge in [0.2, 0.25) is 0 Å². The summed E-state index contributed by atoms with van der Waals surface area (Å²) in [6.07, 6.45) is 1.86. The van der Waals surface area contributed by atoms with E-state index in [-0.39, 0.29) is 5.97 Å². The van der Waals surface area contributed by atoms with E-state index in [0.717, 1.165) is 19.4 Å². The van der Waals surface area contributed by atoms with Gasteiger partial charge in [-0.2, -0.15) is 0 Å². The highest BCUT2D eigenvalue weighted by molar-refractivity contribution is 5.77. The topological polar surface area (TPSA) is 47.6 Å². The van der Waals surface area contributed by atoms with Gasteiger partial charge in [-0.05, 0) is 26.3 Å². The zero-order valence-corrected chi connectivity index (χ0v) is 8.97. The molecule has 0 bridgehead atoms. The first-order valence-electron chi connectivity index (χ1n) is 5.12. The zero-order valence-electron chi connectivity index (χ0n) is 8.97. The Kier molecular flexibility index (Phi) is 4.35. The predicted molar refractivity (Wildman–Crippen MR) is 53.0 cm³/mol. The molecule has 1 heterocycles. The molecule has 0 radical (unpaired) electrons. The number of esters is 1. The van der Waals surface area contributed by atoms with Crippen molar-refractivity contribution < 1.29 is 14.3 Å². The highest BCUT2D eigenvalue weighted by Crippen LogP contribution is 2.28. The smallest absolute Gasteiger partial charge is 0.315 e. The lowest BCUT2D eigenvalue weighted by Crippen LogP contribution is -2.49. The number of piperidine rings is 1. The molecule has 1 rings (SSSR count). The third-order valence-corrected chi connectivity index (χ3v) is 2.60. The summed E-state index contributed by atoms with van der Waals surface area (Å²) in [7, 11) is 1.62. The van der Waals surface area contributed by atoms with Crippen LogP contribution in [0.25, 0.3) is 0 Å². The summed E-state index contributed by atoms with van der Waals surface area (Å²) >= 11 is 0. The van der Waals surface area contributed by atoms with Crippen molar-refractivity contribution in [1.82, 2.24) is 5.32 Å². The van der Waals surface area contributed by atoms with Gasteiger partial charge in [-0.3, -0.25) is 4.79 Å². The van der Waals surface area contributed by atoms with Crippen LogP contribution in [0.3, 0.4) is 0 Å². The maximum absolute atomic E-state index is 11.8. The van der Waals surface area contributed by atoms with Gasteiger partial charge in [-0.1, -0.05) is 0 Å². The Morgan fingerprint density at radius 3 is 2.86 bits per heavy atom. The third-order valence-electron chi connectivity index (χ3n) is 2.60. The van der Waals surface area contributed by atoms with E-state index in [0.29, 0.717) is 19.8 Å². The Labute approximate surface area is 85.0 Å². The summed E-state index contributed by atoms with van der Waals surface area (Å²) in [5.74, 6) is -0.131. The summed E-state index contributed by atoms with van der Waals surface area (Å²) in [6.45, 7) is 4.35. The van der Waals surface area contributed by atoms with Crippen molar-refractivity contribution in [3.05, 3.63) is 0 Å². The van der Waals surface area contributed by atoms with Gasteiger partial charge in [0.05, 0.1) is 13.2 Å². The summed E-state index contributed by atoms with van der Waals surface area (Å²) in [6, 6.07) is 0. The quantitative estimate of drug-likeness (QED) is 0.675. The minimum absolute atomic E-state index is 0.131. The molecule has 1 fully saturated rings. The van der Waals surface area contributed by atoms with Crippen LogP contribution in [-0.2, 0) is 14.3 Å². The van der Waals surface area contributed by atoms with Crippen LogP contribution in [0.15, 0.2) is 0 Å². The first-order valence-corrected chi connectivity index (χ1v) is 5.12. The zero-order chi connectivity index (χ0) is 10.4. The molecule has 4 nitrogen and oxygen atoms in total. The van der Waals surface area contributed by atoms with Gasteiger partial charge in [0.15, 0.2) is 0 Å². The van der Waals surface area contributed by atoms with Crippen LogP contribution in [0.4, 0.5) is 0 Å². The van der Waals surface area contributed by atoms with Crippen molar-refractivity contribution in [3.63, 3.8) is 0 Å². The van der Waals surface area contributed by atoms with Crippen molar-refractivity contribution in [2.75, 3.05) is 33.4 Å². The number of hydrogen-bond acceptors (Lipinski definition) is 4. The van der Waals surface area contributed by atoms with Gasteiger partial charge in [-0.15, -0.1) is 0 Å². The van der Waals surface area contributed by atoms with Crippen LogP contribution >= 0.6 is 0 Å². The Morgan fingerprint density at radius 2 is 2.36 bits per heavy atom. The van der Waals surface area contributed by atoms with E-state index in [2.05, 4.69) is 5.32 Å². The van der Waals surface area contributed by atoms with Crippen molar-refractivity contribution in [2.45, 2.75) is 19.8 Å². The number of rotatable bonds is 4. The largest absolute Gasteiger partial charge is 0.465 e. The molecule has 0 amide bonds. The second-order valence-corrected chi connectivity index (χ2v) is 3.71. The van der Waals surface area contributed by atoms with Crippen molar-refractivity contribution in [2.24, 2.45) is 5.41 Å². The van der Waals surface area contributed by atoms with Gasteiger partial charge >= 0.3 is 5.97 Å². The molecule has 0 aliphatic carbocycles. The van der Waals surface area contributed by atoms with Gasteiger partial charge < -0.3 is 14.8 Å². The molecule has 0 aromatic heterocycles. The van der Waals surface area contributed by atoms with Gasteiger partial charge in [-0.25, -0.2) is 0 Å². The average molecular weight is 201 g/mol. The second kappa shape index (κ2) is 5.32. The van der Waals surface area contributed by atoms with Crippen molar-refractivity contribution in [1.29, 1.82) is 0 Å².